The number of hydrogen-bond donors (Lipinski definition) is 1. The van der Waals surface area contributed by atoms with Crippen LogP contribution in [0.4, 0.5) is 0 Å². The predicted molar refractivity (Wildman–Crippen MR) is 81.8 cm³/mol. The number of para-hydroxylation sites is 1. The number of hydrogen-bond acceptors (Lipinski definition) is 3. The molecule has 0 aromatic heterocycles. The first-order valence-electron chi connectivity index (χ1n) is 6.19. The van der Waals surface area contributed by atoms with Crippen LogP contribution in [-0.2, 0) is 4.79 Å². The van der Waals surface area contributed by atoms with Crippen molar-refractivity contribution in [3.63, 3.8) is 0 Å². The van der Waals surface area contributed by atoms with Crippen molar-refractivity contribution in [2.75, 3.05) is 0 Å². The monoisotopic (exact) mass is 296 g/mol. The molecule has 0 spiro atoms. The third-order valence-electron chi connectivity index (χ3n) is 2.43. The molecular weight excluding hydrogens is 280 g/mol. The van der Waals surface area contributed by atoms with Crippen LogP contribution >= 0.6 is 24.2 Å². The van der Waals surface area contributed by atoms with Crippen LogP contribution in [0.3, 0.4) is 0 Å². The van der Waals surface area contributed by atoms with Gasteiger partial charge in [0, 0.05) is 18.9 Å². The van der Waals surface area contributed by atoms with Gasteiger partial charge in [0.05, 0.1) is 10.3 Å². The lowest BCUT2D eigenvalue weighted by molar-refractivity contribution is -0.131. The molecule has 1 aromatic rings. The van der Waals surface area contributed by atoms with Crippen LogP contribution in [0.5, 0.6) is 5.75 Å². The van der Waals surface area contributed by atoms with Crippen molar-refractivity contribution in [3.8, 4) is 17.6 Å². The number of carbonyl (C=O) groups excluding carboxylic acids is 1. The van der Waals surface area contributed by atoms with Gasteiger partial charge in [0.2, 0.25) is 0 Å². The fourth-order valence-electron chi connectivity index (χ4n) is 1.50. The molecule has 0 saturated carbocycles. The van der Waals surface area contributed by atoms with E-state index in [-0.39, 0.29) is 5.25 Å². The maximum Gasteiger partial charge on any atom is 0.308 e. The van der Waals surface area contributed by atoms with E-state index in [1.807, 2.05) is 6.07 Å². The van der Waals surface area contributed by atoms with Gasteiger partial charge in [-0.2, -0.15) is 12.6 Å². The topological polar surface area (TPSA) is 26.3 Å². The Labute approximate surface area is 124 Å². The molecule has 1 unspecified atom stereocenters. The molecule has 1 rings (SSSR count). The average molecular weight is 297 g/mol. The summed E-state index contributed by atoms with van der Waals surface area (Å²) < 4.78 is 5.14. The Morgan fingerprint density at radius 1 is 1.53 bits per heavy atom. The molecule has 0 bridgehead atoms. The lowest BCUT2D eigenvalue weighted by Gasteiger charge is -2.12. The lowest BCUT2D eigenvalue weighted by Crippen LogP contribution is -2.05. The van der Waals surface area contributed by atoms with Gasteiger partial charge in [0.1, 0.15) is 0 Å². The average Bonchev–Trinajstić information content (AvgIpc) is 2.36. The lowest BCUT2D eigenvalue weighted by atomic mass is 10.1. The fourth-order valence-corrected chi connectivity index (χ4v) is 2.02. The van der Waals surface area contributed by atoms with E-state index in [0.717, 1.165) is 24.8 Å². The van der Waals surface area contributed by atoms with Crippen molar-refractivity contribution < 1.29 is 9.53 Å². The minimum Gasteiger partial charge on any atom is -0.425 e. The highest BCUT2D eigenvalue weighted by molar-refractivity contribution is 7.80. The first-order chi connectivity index (χ1) is 9.06. The van der Waals surface area contributed by atoms with E-state index in [9.17, 15) is 4.79 Å². The van der Waals surface area contributed by atoms with Crippen molar-refractivity contribution in [3.05, 3.63) is 28.8 Å². The van der Waals surface area contributed by atoms with Gasteiger partial charge in [-0.3, -0.25) is 4.79 Å². The highest BCUT2D eigenvalue weighted by atomic mass is 35.5. The van der Waals surface area contributed by atoms with Gasteiger partial charge in [-0.05, 0) is 12.5 Å². The van der Waals surface area contributed by atoms with Crippen molar-refractivity contribution in [2.45, 2.75) is 38.4 Å². The maximum atomic E-state index is 11.1. The Balaban J connectivity index is 2.94. The van der Waals surface area contributed by atoms with Gasteiger partial charge < -0.3 is 4.74 Å². The second-order valence-corrected chi connectivity index (χ2v) is 5.00. The summed E-state index contributed by atoms with van der Waals surface area (Å²) in [4.78, 5) is 11.1. The molecule has 0 N–H and O–H groups in total. The second-order valence-electron chi connectivity index (χ2n) is 4.08. The van der Waals surface area contributed by atoms with Crippen LogP contribution in [0.15, 0.2) is 18.2 Å². The Kier molecular flexibility index (Phi) is 6.83. The summed E-state index contributed by atoms with van der Waals surface area (Å²) in [5.41, 5.74) is 0.718. The summed E-state index contributed by atoms with van der Waals surface area (Å²) in [7, 11) is 0. The molecule has 1 atom stereocenters. The van der Waals surface area contributed by atoms with E-state index >= 15 is 0 Å². The van der Waals surface area contributed by atoms with Crippen molar-refractivity contribution in [1.29, 1.82) is 0 Å². The molecule has 0 aliphatic carbocycles. The summed E-state index contributed by atoms with van der Waals surface area (Å²) in [6.45, 7) is 3.46. The highest BCUT2D eigenvalue weighted by Gasteiger charge is 2.15. The van der Waals surface area contributed by atoms with Crippen LogP contribution in [0.2, 0.25) is 5.02 Å². The maximum absolute atomic E-state index is 11.1. The molecular formula is C15H17ClO2S. The van der Waals surface area contributed by atoms with Crippen molar-refractivity contribution in [1.82, 2.24) is 0 Å². The first-order valence-corrected chi connectivity index (χ1v) is 7.09. The van der Waals surface area contributed by atoms with E-state index in [4.69, 9.17) is 16.3 Å². The summed E-state index contributed by atoms with van der Waals surface area (Å²) in [5, 5.41) is 0.0759. The van der Waals surface area contributed by atoms with Crippen LogP contribution < -0.4 is 4.74 Å². The summed E-state index contributed by atoms with van der Waals surface area (Å²) >= 11 is 10.5. The highest BCUT2D eigenvalue weighted by Crippen LogP contribution is 2.35. The molecule has 0 aliphatic rings. The summed E-state index contributed by atoms with van der Waals surface area (Å²) in [5.74, 6) is 6.05. The van der Waals surface area contributed by atoms with Crippen LogP contribution in [0.1, 0.15) is 43.9 Å². The molecule has 0 radical (unpaired) electrons. The number of ether oxygens (including phenoxy) is 1. The number of halogens is 1. The Morgan fingerprint density at radius 2 is 2.26 bits per heavy atom. The molecule has 0 amide bonds. The third-order valence-corrected chi connectivity index (χ3v) is 3.14. The molecule has 2 nitrogen and oxygen atoms in total. The van der Waals surface area contributed by atoms with Gasteiger partial charge in [-0.1, -0.05) is 43.0 Å². The van der Waals surface area contributed by atoms with Crippen LogP contribution in [0.25, 0.3) is 0 Å². The molecule has 0 fully saturated rings. The Morgan fingerprint density at radius 3 is 2.89 bits per heavy atom. The van der Waals surface area contributed by atoms with Gasteiger partial charge in [-0.15, -0.1) is 5.92 Å². The number of carbonyl (C=O) groups is 1. The van der Waals surface area contributed by atoms with Crippen LogP contribution in [-0.4, -0.2) is 5.97 Å². The van der Waals surface area contributed by atoms with E-state index in [2.05, 4.69) is 31.4 Å². The Bertz CT molecular complexity index is 503. The van der Waals surface area contributed by atoms with Crippen LogP contribution in [0, 0.1) is 11.8 Å². The molecule has 1 aromatic carbocycles. The van der Waals surface area contributed by atoms with Gasteiger partial charge in [0.25, 0.3) is 0 Å². The number of esters is 1. The zero-order valence-electron chi connectivity index (χ0n) is 11.1. The zero-order valence-corrected chi connectivity index (χ0v) is 12.7. The quantitative estimate of drug-likeness (QED) is 0.292. The van der Waals surface area contributed by atoms with E-state index < -0.39 is 5.97 Å². The smallest absolute Gasteiger partial charge is 0.308 e. The predicted octanol–water partition coefficient (Wildman–Crippen LogP) is 4.43. The van der Waals surface area contributed by atoms with Gasteiger partial charge in [0.15, 0.2) is 5.75 Å². The van der Waals surface area contributed by atoms with Gasteiger partial charge >= 0.3 is 5.97 Å². The van der Waals surface area contributed by atoms with E-state index in [1.54, 1.807) is 12.1 Å². The second kappa shape index (κ2) is 8.14. The molecule has 4 heteroatoms. The fraction of sp³-hybridized carbons (Fsp3) is 0.400. The normalized spacial score (nSPS) is 11.4. The van der Waals surface area contributed by atoms with E-state index in [1.165, 1.54) is 6.92 Å². The minimum absolute atomic E-state index is 0.315. The van der Waals surface area contributed by atoms with Crippen molar-refractivity contribution in [2.24, 2.45) is 0 Å². The third kappa shape index (κ3) is 5.18. The molecule has 19 heavy (non-hydrogen) atoms. The van der Waals surface area contributed by atoms with Crippen molar-refractivity contribution >= 4 is 30.2 Å². The standard InChI is InChI=1S/C15H17ClO2S/c1-3-4-5-6-10-14(19)12-8-7-9-13(16)15(12)18-11(2)17/h7-9,14,19H,3-5H2,1-2H3. The largest absolute Gasteiger partial charge is 0.425 e. The molecule has 0 saturated heterocycles. The molecule has 102 valence electrons. The molecule has 0 heterocycles. The Hall–Kier alpha value is -1.11. The minimum atomic E-state index is -0.408. The molecule has 0 aliphatic heterocycles. The number of benzene rings is 1. The SMILES string of the molecule is CCCCC#CC(S)c1cccc(Cl)c1OC(C)=O. The summed E-state index contributed by atoms with van der Waals surface area (Å²) in [6, 6.07) is 5.28. The zero-order chi connectivity index (χ0) is 14.3. The summed E-state index contributed by atoms with van der Waals surface area (Å²) in [6.07, 6.45) is 3.03. The number of unbranched alkanes of at least 4 members (excludes halogenated alkanes) is 2. The van der Waals surface area contributed by atoms with E-state index in [0.29, 0.717) is 10.8 Å². The van der Waals surface area contributed by atoms with Gasteiger partial charge in [-0.25, -0.2) is 0 Å². The number of thiol groups is 1. The first kappa shape index (κ1) is 15.9. The number of rotatable bonds is 4.